The van der Waals surface area contributed by atoms with Crippen LogP contribution in [0.4, 0.5) is 0 Å². The SMILES string of the molecule is CCCNC(CC)Cc1ccncc1Cl. The quantitative estimate of drug-likeness (QED) is 0.807. The lowest BCUT2D eigenvalue weighted by Crippen LogP contribution is -2.31. The van der Waals surface area contributed by atoms with Gasteiger partial charge in [0.2, 0.25) is 0 Å². The van der Waals surface area contributed by atoms with Gasteiger partial charge in [-0.15, -0.1) is 0 Å². The van der Waals surface area contributed by atoms with E-state index < -0.39 is 0 Å². The molecule has 1 heterocycles. The van der Waals surface area contributed by atoms with Crippen LogP contribution in [0, 0.1) is 0 Å². The third kappa shape index (κ3) is 4.18. The molecule has 0 saturated carbocycles. The number of nitrogens with one attached hydrogen (secondary N) is 1. The topological polar surface area (TPSA) is 24.9 Å². The highest BCUT2D eigenvalue weighted by atomic mass is 35.5. The van der Waals surface area contributed by atoms with Crippen LogP contribution in [0.15, 0.2) is 18.5 Å². The number of hydrogen-bond donors (Lipinski definition) is 1. The molecule has 1 rings (SSSR count). The largest absolute Gasteiger partial charge is 0.314 e. The van der Waals surface area contributed by atoms with Crippen molar-refractivity contribution in [2.45, 2.75) is 39.2 Å². The lowest BCUT2D eigenvalue weighted by Gasteiger charge is -2.16. The molecule has 1 atom stereocenters. The molecule has 0 aliphatic rings. The van der Waals surface area contributed by atoms with Gasteiger partial charge in [0.15, 0.2) is 0 Å². The zero-order valence-corrected chi connectivity index (χ0v) is 10.2. The van der Waals surface area contributed by atoms with Crippen molar-refractivity contribution in [3.8, 4) is 0 Å². The van der Waals surface area contributed by atoms with Crippen molar-refractivity contribution < 1.29 is 0 Å². The Balaban J connectivity index is 2.54. The minimum Gasteiger partial charge on any atom is -0.314 e. The van der Waals surface area contributed by atoms with E-state index in [4.69, 9.17) is 11.6 Å². The summed E-state index contributed by atoms with van der Waals surface area (Å²) in [5, 5.41) is 4.29. The Morgan fingerprint density at radius 2 is 2.27 bits per heavy atom. The van der Waals surface area contributed by atoms with E-state index in [2.05, 4.69) is 24.1 Å². The van der Waals surface area contributed by atoms with E-state index >= 15 is 0 Å². The Labute approximate surface area is 97.1 Å². The summed E-state index contributed by atoms with van der Waals surface area (Å²) in [6, 6.07) is 2.52. The number of halogens is 1. The van der Waals surface area contributed by atoms with Crippen LogP contribution in [0.3, 0.4) is 0 Å². The summed E-state index contributed by atoms with van der Waals surface area (Å²) in [6.45, 7) is 5.45. The van der Waals surface area contributed by atoms with E-state index in [0.717, 1.165) is 24.4 Å². The average Bonchev–Trinajstić information content (AvgIpc) is 2.26. The zero-order valence-electron chi connectivity index (χ0n) is 9.46. The van der Waals surface area contributed by atoms with Gasteiger partial charge in [-0.3, -0.25) is 4.98 Å². The Bertz CT molecular complexity index is 289. The van der Waals surface area contributed by atoms with E-state index in [9.17, 15) is 0 Å². The molecule has 0 amide bonds. The Kier molecular flexibility index (Phi) is 5.66. The van der Waals surface area contributed by atoms with E-state index in [1.807, 2.05) is 6.07 Å². The molecule has 0 radical (unpaired) electrons. The molecule has 0 fully saturated rings. The van der Waals surface area contributed by atoms with Gasteiger partial charge < -0.3 is 5.32 Å². The predicted molar refractivity (Wildman–Crippen MR) is 65.3 cm³/mol. The molecule has 2 nitrogen and oxygen atoms in total. The van der Waals surface area contributed by atoms with Crippen LogP contribution in [0.25, 0.3) is 0 Å². The highest BCUT2D eigenvalue weighted by Gasteiger charge is 2.08. The highest BCUT2D eigenvalue weighted by molar-refractivity contribution is 6.31. The molecule has 0 aromatic carbocycles. The molecule has 15 heavy (non-hydrogen) atoms. The van der Waals surface area contributed by atoms with Crippen molar-refractivity contribution in [3.05, 3.63) is 29.0 Å². The van der Waals surface area contributed by atoms with Crippen LogP contribution in [-0.4, -0.2) is 17.6 Å². The first-order chi connectivity index (χ1) is 7.27. The predicted octanol–water partition coefficient (Wildman–Crippen LogP) is 3.06. The molecule has 0 bridgehead atoms. The molecule has 0 aliphatic carbocycles. The van der Waals surface area contributed by atoms with Crippen molar-refractivity contribution in [2.24, 2.45) is 0 Å². The monoisotopic (exact) mass is 226 g/mol. The van der Waals surface area contributed by atoms with Crippen molar-refractivity contribution in [1.29, 1.82) is 0 Å². The molecule has 0 spiro atoms. The van der Waals surface area contributed by atoms with Gasteiger partial charge in [0.05, 0.1) is 5.02 Å². The number of rotatable bonds is 6. The second-order valence-electron chi connectivity index (χ2n) is 3.73. The molecular formula is C12H19ClN2. The van der Waals surface area contributed by atoms with Gasteiger partial charge in [0, 0.05) is 18.4 Å². The van der Waals surface area contributed by atoms with Crippen LogP contribution < -0.4 is 5.32 Å². The lowest BCUT2D eigenvalue weighted by molar-refractivity contribution is 0.494. The molecule has 0 saturated heterocycles. The van der Waals surface area contributed by atoms with E-state index in [0.29, 0.717) is 6.04 Å². The van der Waals surface area contributed by atoms with Crippen LogP contribution in [0.2, 0.25) is 5.02 Å². The van der Waals surface area contributed by atoms with Crippen LogP contribution in [0.1, 0.15) is 32.3 Å². The van der Waals surface area contributed by atoms with Crippen molar-refractivity contribution in [2.75, 3.05) is 6.54 Å². The van der Waals surface area contributed by atoms with E-state index in [-0.39, 0.29) is 0 Å². The summed E-state index contributed by atoms with van der Waals surface area (Å²) in [6.07, 6.45) is 6.79. The molecule has 1 N–H and O–H groups in total. The fraction of sp³-hybridized carbons (Fsp3) is 0.583. The van der Waals surface area contributed by atoms with Gasteiger partial charge in [-0.1, -0.05) is 25.4 Å². The first-order valence-corrected chi connectivity index (χ1v) is 5.97. The number of hydrogen-bond acceptors (Lipinski definition) is 2. The van der Waals surface area contributed by atoms with Crippen molar-refractivity contribution in [1.82, 2.24) is 10.3 Å². The minimum atomic E-state index is 0.518. The number of nitrogens with zero attached hydrogens (tertiary/aromatic N) is 1. The molecule has 84 valence electrons. The van der Waals surface area contributed by atoms with Gasteiger partial charge in [-0.05, 0) is 37.4 Å². The number of pyridine rings is 1. The lowest BCUT2D eigenvalue weighted by atomic mass is 10.1. The molecule has 3 heteroatoms. The number of aromatic nitrogens is 1. The Hall–Kier alpha value is -0.600. The summed E-state index contributed by atoms with van der Waals surface area (Å²) >= 11 is 6.07. The zero-order chi connectivity index (χ0) is 11.1. The van der Waals surface area contributed by atoms with Gasteiger partial charge in [-0.25, -0.2) is 0 Å². The van der Waals surface area contributed by atoms with E-state index in [1.165, 1.54) is 12.0 Å². The normalized spacial score (nSPS) is 12.7. The molecule has 0 aliphatic heterocycles. The maximum Gasteiger partial charge on any atom is 0.0621 e. The fourth-order valence-corrected chi connectivity index (χ4v) is 1.74. The summed E-state index contributed by atoms with van der Waals surface area (Å²) in [7, 11) is 0. The fourth-order valence-electron chi connectivity index (χ4n) is 1.54. The third-order valence-electron chi connectivity index (χ3n) is 2.50. The van der Waals surface area contributed by atoms with E-state index in [1.54, 1.807) is 12.4 Å². The van der Waals surface area contributed by atoms with Crippen LogP contribution in [-0.2, 0) is 6.42 Å². The Morgan fingerprint density at radius 3 is 2.87 bits per heavy atom. The van der Waals surface area contributed by atoms with Gasteiger partial charge in [0.25, 0.3) is 0 Å². The Morgan fingerprint density at radius 1 is 1.47 bits per heavy atom. The minimum absolute atomic E-state index is 0.518. The van der Waals surface area contributed by atoms with Gasteiger partial charge in [0.1, 0.15) is 0 Å². The summed E-state index contributed by atoms with van der Waals surface area (Å²) < 4.78 is 0. The average molecular weight is 227 g/mol. The molecular weight excluding hydrogens is 208 g/mol. The van der Waals surface area contributed by atoms with Crippen LogP contribution >= 0.6 is 11.6 Å². The third-order valence-corrected chi connectivity index (χ3v) is 2.84. The molecule has 1 unspecified atom stereocenters. The highest BCUT2D eigenvalue weighted by Crippen LogP contribution is 2.16. The first kappa shape index (κ1) is 12.5. The second-order valence-corrected chi connectivity index (χ2v) is 4.14. The van der Waals surface area contributed by atoms with Gasteiger partial charge >= 0.3 is 0 Å². The second kappa shape index (κ2) is 6.81. The maximum atomic E-state index is 6.07. The van der Waals surface area contributed by atoms with Crippen LogP contribution in [0.5, 0.6) is 0 Å². The standard InChI is InChI=1S/C12H19ClN2/c1-3-6-15-11(4-2)8-10-5-7-14-9-12(10)13/h5,7,9,11,15H,3-4,6,8H2,1-2H3. The molecule has 1 aromatic heterocycles. The molecule has 1 aromatic rings. The summed E-state index contributed by atoms with van der Waals surface area (Å²) in [5.41, 5.74) is 1.18. The smallest absolute Gasteiger partial charge is 0.0621 e. The maximum absolute atomic E-state index is 6.07. The summed E-state index contributed by atoms with van der Waals surface area (Å²) in [4.78, 5) is 3.99. The first-order valence-electron chi connectivity index (χ1n) is 5.59. The van der Waals surface area contributed by atoms with Gasteiger partial charge in [-0.2, -0.15) is 0 Å². The summed E-state index contributed by atoms with van der Waals surface area (Å²) in [5.74, 6) is 0. The van der Waals surface area contributed by atoms with Crippen molar-refractivity contribution in [3.63, 3.8) is 0 Å². The van der Waals surface area contributed by atoms with Crippen molar-refractivity contribution >= 4 is 11.6 Å².